The SMILES string of the molecule is Cc1cc(C)cc(NC(=O)Nc2ccc(-c3ccnc(Cl)c3C#N)cc2)c1. The second kappa shape index (κ2) is 7.90. The Morgan fingerprint density at radius 1 is 1.00 bits per heavy atom. The van der Waals surface area contributed by atoms with Gasteiger partial charge in [-0.3, -0.25) is 0 Å². The minimum absolute atomic E-state index is 0.171. The van der Waals surface area contributed by atoms with E-state index in [2.05, 4.69) is 21.7 Å². The van der Waals surface area contributed by atoms with Crippen LogP contribution in [-0.4, -0.2) is 11.0 Å². The Bertz CT molecular complexity index is 1020. The van der Waals surface area contributed by atoms with Crippen molar-refractivity contribution in [1.82, 2.24) is 4.98 Å². The van der Waals surface area contributed by atoms with Crippen LogP contribution >= 0.6 is 11.6 Å². The average molecular weight is 377 g/mol. The van der Waals surface area contributed by atoms with Crippen LogP contribution in [0, 0.1) is 25.2 Å². The van der Waals surface area contributed by atoms with Crippen LogP contribution in [0.25, 0.3) is 11.1 Å². The molecule has 0 aliphatic carbocycles. The fraction of sp³-hybridized carbons (Fsp3) is 0.0952. The number of aromatic nitrogens is 1. The largest absolute Gasteiger partial charge is 0.323 e. The number of hydrogen-bond donors (Lipinski definition) is 2. The van der Waals surface area contributed by atoms with Crippen molar-refractivity contribution in [3.8, 4) is 17.2 Å². The lowest BCUT2D eigenvalue weighted by Crippen LogP contribution is -2.19. The van der Waals surface area contributed by atoms with E-state index in [0.717, 1.165) is 22.4 Å². The summed E-state index contributed by atoms with van der Waals surface area (Å²) in [6.07, 6.45) is 1.56. The molecular weight excluding hydrogens is 360 g/mol. The van der Waals surface area contributed by atoms with Gasteiger partial charge in [0.15, 0.2) is 0 Å². The number of aryl methyl sites for hydroxylation is 2. The molecule has 3 aromatic rings. The van der Waals surface area contributed by atoms with Crippen LogP contribution in [0.3, 0.4) is 0 Å². The van der Waals surface area contributed by atoms with Crippen molar-refractivity contribution in [2.45, 2.75) is 13.8 Å². The van der Waals surface area contributed by atoms with Gasteiger partial charge in [0.1, 0.15) is 11.2 Å². The number of amides is 2. The molecule has 134 valence electrons. The number of pyridine rings is 1. The maximum absolute atomic E-state index is 12.2. The maximum Gasteiger partial charge on any atom is 0.323 e. The molecule has 2 N–H and O–H groups in total. The summed E-state index contributed by atoms with van der Waals surface area (Å²) in [7, 11) is 0. The standard InChI is InChI=1S/C21H17ClN4O/c1-13-9-14(2)11-17(10-13)26-21(27)25-16-5-3-15(4-6-16)18-7-8-24-20(22)19(18)12-23/h3-11H,1-2H3,(H2,25,26,27). The van der Waals surface area contributed by atoms with Crippen LogP contribution in [0.15, 0.2) is 54.7 Å². The normalized spacial score (nSPS) is 10.1. The number of benzene rings is 2. The molecule has 0 bridgehead atoms. The average Bonchev–Trinajstić information content (AvgIpc) is 2.61. The smallest absolute Gasteiger partial charge is 0.308 e. The van der Waals surface area contributed by atoms with Crippen molar-refractivity contribution >= 4 is 29.0 Å². The third kappa shape index (κ3) is 4.43. The molecule has 0 spiro atoms. The van der Waals surface area contributed by atoms with Gasteiger partial charge in [0.2, 0.25) is 0 Å². The molecule has 0 aliphatic heterocycles. The highest BCUT2D eigenvalue weighted by atomic mass is 35.5. The highest BCUT2D eigenvalue weighted by Gasteiger charge is 2.10. The fourth-order valence-electron chi connectivity index (χ4n) is 2.86. The molecule has 3 rings (SSSR count). The molecule has 0 atom stereocenters. The molecule has 0 saturated heterocycles. The second-order valence-electron chi connectivity index (χ2n) is 6.17. The Hall–Kier alpha value is -3.36. The van der Waals surface area contributed by atoms with Crippen LogP contribution in [0.5, 0.6) is 0 Å². The highest BCUT2D eigenvalue weighted by molar-refractivity contribution is 6.31. The monoisotopic (exact) mass is 376 g/mol. The number of rotatable bonds is 3. The number of hydrogen-bond acceptors (Lipinski definition) is 3. The van der Waals surface area contributed by atoms with Crippen molar-refractivity contribution in [1.29, 1.82) is 5.26 Å². The molecule has 1 aromatic heterocycles. The first-order valence-corrected chi connectivity index (χ1v) is 8.65. The summed E-state index contributed by atoms with van der Waals surface area (Å²) in [5.74, 6) is 0. The molecule has 0 aliphatic rings. The lowest BCUT2D eigenvalue weighted by atomic mass is 10.0. The zero-order chi connectivity index (χ0) is 19.4. The van der Waals surface area contributed by atoms with Crippen molar-refractivity contribution in [3.63, 3.8) is 0 Å². The van der Waals surface area contributed by atoms with Crippen LogP contribution in [0.2, 0.25) is 5.15 Å². The van der Waals surface area contributed by atoms with E-state index in [0.29, 0.717) is 16.8 Å². The van der Waals surface area contributed by atoms with Gasteiger partial charge in [-0.05, 0) is 60.9 Å². The number of halogens is 1. The Morgan fingerprint density at radius 3 is 2.26 bits per heavy atom. The number of nitriles is 1. The molecule has 27 heavy (non-hydrogen) atoms. The summed E-state index contributed by atoms with van der Waals surface area (Å²) >= 11 is 5.98. The first-order chi connectivity index (χ1) is 13.0. The minimum Gasteiger partial charge on any atom is -0.308 e. The van der Waals surface area contributed by atoms with E-state index in [1.54, 1.807) is 24.4 Å². The number of nitrogens with zero attached hydrogens (tertiary/aromatic N) is 2. The van der Waals surface area contributed by atoms with Crippen molar-refractivity contribution in [2.24, 2.45) is 0 Å². The molecule has 0 unspecified atom stereocenters. The van der Waals surface area contributed by atoms with Gasteiger partial charge >= 0.3 is 6.03 Å². The lowest BCUT2D eigenvalue weighted by Gasteiger charge is -2.10. The molecule has 5 nitrogen and oxygen atoms in total. The van der Waals surface area contributed by atoms with E-state index in [-0.39, 0.29) is 11.2 Å². The van der Waals surface area contributed by atoms with E-state index >= 15 is 0 Å². The van der Waals surface area contributed by atoms with Crippen LogP contribution in [-0.2, 0) is 0 Å². The maximum atomic E-state index is 12.2. The van der Waals surface area contributed by atoms with E-state index in [1.807, 2.05) is 44.2 Å². The van der Waals surface area contributed by atoms with Crippen molar-refractivity contribution < 1.29 is 4.79 Å². The lowest BCUT2D eigenvalue weighted by molar-refractivity contribution is 0.262. The summed E-state index contributed by atoms with van der Waals surface area (Å²) in [5.41, 5.74) is 5.39. The van der Waals surface area contributed by atoms with Gasteiger partial charge < -0.3 is 10.6 Å². The van der Waals surface area contributed by atoms with Gasteiger partial charge in [0, 0.05) is 23.1 Å². The predicted molar refractivity (Wildman–Crippen MR) is 108 cm³/mol. The summed E-state index contributed by atoms with van der Waals surface area (Å²) < 4.78 is 0. The Balaban J connectivity index is 1.74. The van der Waals surface area contributed by atoms with Crippen LogP contribution in [0.4, 0.5) is 16.2 Å². The van der Waals surface area contributed by atoms with E-state index in [4.69, 9.17) is 11.6 Å². The molecule has 0 radical (unpaired) electrons. The Labute approximate surface area is 162 Å². The number of anilines is 2. The van der Waals surface area contributed by atoms with Gasteiger partial charge in [0.25, 0.3) is 0 Å². The van der Waals surface area contributed by atoms with E-state index in [9.17, 15) is 10.1 Å². The number of carbonyl (C=O) groups excluding carboxylic acids is 1. The molecule has 1 heterocycles. The highest BCUT2D eigenvalue weighted by Crippen LogP contribution is 2.28. The quantitative estimate of drug-likeness (QED) is 0.589. The molecule has 0 fully saturated rings. The van der Waals surface area contributed by atoms with Gasteiger partial charge in [0.05, 0.1) is 5.56 Å². The number of urea groups is 1. The Morgan fingerprint density at radius 2 is 1.63 bits per heavy atom. The summed E-state index contributed by atoms with van der Waals surface area (Å²) in [6, 6.07) is 16.5. The number of nitrogens with one attached hydrogen (secondary N) is 2. The molecular formula is C21H17ClN4O. The third-order valence-electron chi connectivity index (χ3n) is 3.95. The van der Waals surface area contributed by atoms with Crippen LogP contribution in [0.1, 0.15) is 16.7 Å². The molecule has 2 aromatic carbocycles. The van der Waals surface area contributed by atoms with Gasteiger partial charge in [-0.2, -0.15) is 5.26 Å². The first kappa shape index (κ1) is 18.4. The topological polar surface area (TPSA) is 77.8 Å². The minimum atomic E-state index is -0.322. The van der Waals surface area contributed by atoms with Gasteiger partial charge in [-0.15, -0.1) is 0 Å². The summed E-state index contributed by atoms with van der Waals surface area (Å²) in [4.78, 5) is 16.1. The van der Waals surface area contributed by atoms with Crippen molar-refractivity contribution in [2.75, 3.05) is 10.6 Å². The second-order valence-corrected chi connectivity index (χ2v) is 6.53. The first-order valence-electron chi connectivity index (χ1n) is 8.27. The van der Waals surface area contributed by atoms with Gasteiger partial charge in [-0.25, -0.2) is 9.78 Å². The zero-order valence-electron chi connectivity index (χ0n) is 14.9. The van der Waals surface area contributed by atoms with E-state index in [1.165, 1.54) is 0 Å². The summed E-state index contributed by atoms with van der Waals surface area (Å²) in [6.45, 7) is 3.96. The predicted octanol–water partition coefficient (Wildman–Crippen LogP) is 5.53. The van der Waals surface area contributed by atoms with E-state index < -0.39 is 0 Å². The van der Waals surface area contributed by atoms with Crippen molar-refractivity contribution in [3.05, 3.63) is 76.6 Å². The molecule has 2 amide bonds. The summed E-state index contributed by atoms with van der Waals surface area (Å²) in [5, 5.41) is 15.1. The fourth-order valence-corrected chi connectivity index (χ4v) is 3.06. The molecule has 0 saturated carbocycles. The molecule has 6 heteroatoms. The zero-order valence-corrected chi connectivity index (χ0v) is 15.6. The third-order valence-corrected chi connectivity index (χ3v) is 4.24. The Kier molecular flexibility index (Phi) is 5.39. The van der Waals surface area contributed by atoms with Crippen LogP contribution < -0.4 is 10.6 Å². The number of carbonyl (C=O) groups is 1. The van der Waals surface area contributed by atoms with Gasteiger partial charge in [-0.1, -0.05) is 29.8 Å².